The van der Waals surface area contributed by atoms with E-state index >= 15 is 0 Å². The molecule has 0 fully saturated rings. The van der Waals surface area contributed by atoms with Crippen LogP contribution in [-0.2, 0) is 4.74 Å². The van der Waals surface area contributed by atoms with E-state index in [9.17, 15) is 0 Å². The van der Waals surface area contributed by atoms with Gasteiger partial charge in [0.2, 0.25) is 0 Å². The van der Waals surface area contributed by atoms with Crippen LogP contribution in [0.4, 0.5) is 0 Å². The molecular weight excluding hydrogens is 191 g/mol. The molecule has 0 saturated carbocycles. The molecule has 0 aromatic carbocycles. The van der Waals surface area contributed by atoms with Crippen molar-refractivity contribution in [2.24, 2.45) is 0 Å². The van der Waals surface area contributed by atoms with Crippen LogP contribution in [0, 0.1) is 0 Å². The Kier molecular flexibility index (Phi) is 5.06. The zero-order valence-corrected chi connectivity index (χ0v) is 10.4. The van der Waals surface area contributed by atoms with Gasteiger partial charge >= 0.3 is 81.1 Å². The zero-order chi connectivity index (χ0) is 9.69. The van der Waals surface area contributed by atoms with Crippen LogP contribution in [0.2, 0.25) is 0 Å². The van der Waals surface area contributed by atoms with Gasteiger partial charge < -0.3 is 0 Å². The van der Waals surface area contributed by atoms with Crippen molar-refractivity contribution in [2.45, 2.75) is 20.8 Å². The van der Waals surface area contributed by atoms with Crippen molar-refractivity contribution in [3.63, 3.8) is 0 Å². The molecule has 0 N–H and O–H groups in total. The van der Waals surface area contributed by atoms with Crippen molar-refractivity contribution in [1.29, 1.82) is 0 Å². The Labute approximate surface area is 81.5 Å². The Balaban J connectivity index is 4.35. The first-order chi connectivity index (χ1) is 5.54. The van der Waals surface area contributed by atoms with Crippen LogP contribution in [0.25, 0.3) is 0 Å². The van der Waals surface area contributed by atoms with E-state index in [1.807, 2.05) is 0 Å². The van der Waals surface area contributed by atoms with E-state index in [4.69, 9.17) is 16.0 Å². The third-order valence-corrected chi connectivity index (χ3v) is 11.9. The van der Waals surface area contributed by atoms with Gasteiger partial charge in [-0.2, -0.15) is 0 Å². The fourth-order valence-electron chi connectivity index (χ4n) is 1.46. The summed E-state index contributed by atoms with van der Waals surface area (Å²) in [5.74, 6) is -1.86. The molecule has 0 radical (unpaired) electrons. The van der Waals surface area contributed by atoms with Gasteiger partial charge in [0.05, 0.1) is 0 Å². The summed E-state index contributed by atoms with van der Waals surface area (Å²) in [7, 11) is 1.75. The second-order valence-electron chi connectivity index (χ2n) is 3.48. The topological polar surface area (TPSA) is 9.23 Å². The second-order valence-corrected chi connectivity index (χ2v) is 12.3. The van der Waals surface area contributed by atoms with Crippen LogP contribution in [0.1, 0.15) is 20.8 Å². The van der Waals surface area contributed by atoms with E-state index in [1.165, 1.54) is 0 Å². The van der Waals surface area contributed by atoms with Crippen molar-refractivity contribution in [2.75, 3.05) is 38.4 Å². The van der Waals surface area contributed by atoms with E-state index in [0.717, 1.165) is 31.3 Å². The number of hydrogen-bond acceptors (Lipinski definition) is 1. The molecule has 0 unspecified atom stereocenters. The molecule has 1 nitrogen and oxygen atoms in total. The molecule has 0 aliphatic heterocycles. The van der Waals surface area contributed by atoms with E-state index in [1.54, 1.807) is 7.11 Å². The molecular formula is C9H22ClOP. The van der Waals surface area contributed by atoms with Gasteiger partial charge in [-0.15, -0.1) is 0 Å². The Bertz CT molecular complexity index is 123. The molecule has 3 heteroatoms. The number of hydrogen-bond donors (Lipinski definition) is 0. The number of methoxy groups -OCH3 is 1. The Morgan fingerprint density at radius 3 is 1.75 bits per heavy atom. The summed E-state index contributed by atoms with van der Waals surface area (Å²) < 4.78 is 5.12. The van der Waals surface area contributed by atoms with Crippen molar-refractivity contribution in [3.05, 3.63) is 0 Å². The summed E-state index contributed by atoms with van der Waals surface area (Å²) in [6.07, 6.45) is 4.50. The quantitative estimate of drug-likeness (QED) is 0.614. The second kappa shape index (κ2) is 4.79. The summed E-state index contributed by atoms with van der Waals surface area (Å²) in [5, 5.41) is 0. The minimum absolute atomic E-state index is 0.816. The van der Waals surface area contributed by atoms with Crippen LogP contribution in [0.3, 0.4) is 0 Å². The zero-order valence-electron chi connectivity index (χ0n) is 8.77. The third kappa shape index (κ3) is 2.87. The van der Waals surface area contributed by atoms with Crippen molar-refractivity contribution in [1.82, 2.24) is 0 Å². The van der Waals surface area contributed by atoms with Gasteiger partial charge in [0.15, 0.2) is 0 Å². The Hall–Kier alpha value is 0.680. The molecule has 0 heterocycles. The van der Waals surface area contributed by atoms with E-state index in [-0.39, 0.29) is 0 Å². The number of ether oxygens (including phenoxy) is 1. The standard InChI is InChI=1S/C9H22ClOP/c1-5-12(10,6-2,7-3)9-8-11-4/h5-9H2,1-4H3. The van der Waals surface area contributed by atoms with Gasteiger partial charge in [0.25, 0.3) is 0 Å². The molecule has 76 valence electrons. The Morgan fingerprint density at radius 1 is 1.08 bits per heavy atom. The molecule has 0 aromatic heterocycles. The predicted molar refractivity (Wildman–Crippen MR) is 61.1 cm³/mol. The monoisotopic (exact) mass is 212 g/mol. The Morgan fingerprint density at radius 2 is 1.50 bits per heavy atom. The molecule has 0 aromatic rings. The van der Waals surface area contributed by atoms with Gasteiger partial charge in [-0.1, -0.05) is 0 Å². The summed E-state index contributed by atoms with van der Waals surface area (Å²) in [5.41, 5.74) is 0. The van der Waals surface area contributed by atoms with Gasteiger partial charge in [-0.05, 0) is 0 Å². The first-order valence-corrected chi connectivity index (χ1v) is 8.63. The molecule has 0 bridgehead atoms. The van der Waals surface area contributed by atoms with Crippen molar-refractivity contribution >= 4 is 17.2 Å². The maximum absolute atomic E-state index is 6.78. The average Bonchev–Trinajstić information content (AvgIpc) is 2.15. The fourth-order valence-corrected chi connectivity index (χ4v) is 4.60. The van der Waals surface area contributed by atoms with E-state index in [2.05, 4.69) is 20.8 Å². The van der Waals surface area contributed by atoms with Gasteiger partial charge in [-0.25, -0.2) is 0 Å². The molecule has 0 spiro atoms. The summed E-state index contributed by atoms with van der Waals surface area (Å²) in [6.45, 7) is 7.46. The van der Waals surface area contributed by atoms with Gasteiger partial charge in [0.1, 0.15) is 0 Å². The fraction of sp³-hybridized carbons (Fsp3) is 1.00. The van der Waals surface area contributed by atoms with Crippen molar-refractivity contribution in [3.8, 4) is 0 Å². The first kappa shape index (κ1) is 12.7. The predicted octanol–water partition coefficient (Wildman–Crippen LogP) is 3.40. The normalized spacial score (nSPS) is 15.6. The van der Waals surface area contributed by atoms with Crippen LogP contribution < -0.4 is 0 Å². The maximum atomic E-state index is 6.78. The first-order valence-electron chi connectivity index (χ1n) is 4.75. The summed E-state index contributed by atoms with van der Waals surface area (Å²) in [6, 6.07) is 0. The van der Waals surface area contributed by atoms with Crippen LogP contribution in [0.5, 0.6) is 0 Å². The molecule has 0 aliphatic carbocycles. The van der Waals surface area contributed by atoms with Gasteiger partial charge in [-0.3, -0.25) is 0 Å². The van der Waals surface area contributed by atoms with Crippen molar-refractivity contribution < 1.29 is 4.74 Å². The minimum atomic E-state index is -1.86. The summed E-state index contributed by atoms with van der Waals surface area (Å²) in [4.78, 5) is 0. The van der Waals surface area contributed by atoms with Gasteiger partial charge in [0, 0.05) is 0 Å². The third-order valence-electron chi connectivity index (χ3n) is 3.23. The number of halogens is 1. The molecule has 0 amide bonds. The number of rotatable bonds is 6. The van der Waals surface area contributed by atoms with E-state index < -0.39 is 5.96 Å². The molecule has 0 aliphatic rings. The molecule has 0 saturated heterocycles. The molecule has 12 heavy (non-hydrogen) atoms. The molecule has 0 atom stereocenters. The summed E-state index contributed by atoms with van der Waals surface area (Å²) >= 11 is 6.78. The van der Waals surface area contributed by atoms with Crippen LogP contribution >= 0.6 is 17.2 Å². The average molecular weight is 213 g/mol. The SMILES string of the molecule is CCP(Cl)(CC)(CC)CCOC. The molecule has 0 rings (SSSR count). The van der Waals surface area contributed by atoms with Crippen LogP contribution in [-0.4, -0.2) is 38.4 Å². The van der Waals surface area contributed by atoms with E-state index in [0.29, 0.717) is 0 Å². The van der Waals surface area contributed by atoms with Crippen LogP contribution in [0.15, 0.2) is 0 Å².